The molecule has 1 aliphatic carbocycles. The van der Waals surface area contributed by atoms with Gasteiger partial charge in [-0.1, -0.05) is 50.5 Å². The van der Waals surface area contributed by atoms with Crippen LogP contribution in [0.5, 0.6) is 0 Å². The molecule has 2 unspecified atom stereocenters. The van der Waals surface area contributed by atoms with Crippen LogP contribution < -0.4 is 5.73 Å². The molecule has 2 N–H and O–H groups in total. The summed E-state index contributed by atoms with van der Waals surface area (Å²) in [5.74, 6) is 1.97. The molecule has 3 nitrogen and oxygen atoms in total. The number of nitrogens with two attached hydrogens (primary N) is 1. The summed E-state index contributed by atoms with van der Waals surface area (Å²) in [4.78, 5) is 8.41. The minimum absolute atomic E-state index is 0.460. The van der Waals surface area contributed by atoms with E-state index in [4.69, 9.17) is 5.73 Å². The van der Waals surface area contributed by atoms with Crippen LogP contribution in [0.2, 0.25) is 0 Å². The Bertz CT molecular complexity index is 575. The number of anilines is 1. The van der Waals surface area contributed by atoms with E-state index in [-0.39, 0.29) is 0 Å². The van der Waals surface area contributed by atoms with Crippen molar-refractivity contribution in [3.8, 4) is 11.3 Å². The van der Waals surface area contributed by atoms with Crippen molar-refractivity contribution in [1.29, 1.82) is 0 Å². The summed E-state index contributed by atoms with van der Waals surface area (Å²) in [5.41, 5.74) is 9.01. The SMILES string of the molecule is C=C.CC1CCCCC1c1ccc(-c2cnc(N)cn2)cc1. The van der Waals surface area contributed by atoms with Crippen LogP contribution in [0.25, 0.3) is 11.3 Å². The zero-order valence-corrected chi connectivity index (χ0v) is 13.3. The molecular weight excluding hydrogens is 270 g/mol. The molecule has 0 saturated heterocycles. The molecule has 1 aromatic carbocycles. The van der Waals surface area contributed by atoms with E-state index in [9.17, 15) is 0 Å². The van der Waals surface area contributed by atoms with Crippen molar-refractivity contribution in [3.63, 3.8) is 0 Å². The van der Waals surface area contributed by atoms with Crippen LogP contribution >= 0.6 is 0 Å². The normalized spacial score (nSPS) is 20.8. The summed E-state index contributed by atoms with van der Waals surface area (Å²) < 4.78 is 0. The Labute approximate surface area is 133 Å². The second kappa shape index (κ2) is 7.74. The zero-order valence-electron chi connectivity index (χ0n) is 13.3. The summed E-state index contributed by atoms with van der Waals surface area (Å²) in [6, 6.07) is 8.80. The molecule has 1 aliphatic rings. The lowest BCUT2D eigenvalue weighted by atomic mass is 9.76. The van der Waals surface area contributed by atoms with E-state index < -0.39 is 0 Å². The molecule has 3 heteroatoms. The van der Waals surface area contributed by atoms with Gasteiger partial charge in [-0.15, -0.1) is 13.2 Å². The molecular formula is C19H25N3. The monoisotopic (exact) mass is 295 g/mol. The smallest absolute Gasteiger partial charge is 0.141 e. The molecule has 0 amide bonds. The van der Waals surface area contributed by atoms with Crippen molar-refractivity contribution in [3.05, 3.63) is 55.4 Å². The standard InChI is InChI=1S/C17H21N3.C2H4/c1-12-4-2-3-5-15(12)13-6-8-14(9-7-13)16-10-20-17(18)11-19-16;1-2/h6-12,15H,2-5H2,1H3,(H2,18,20);1-2H2. The third kappa shape index (κ3) is 3.73. The van der Waals surface area contributed by atoms with Crippen LogP contribution in [-0.4, -0.2) is 9.97 Å². The lowest BCUT2D eigenvalue weighted by Crippen LogP contribution is -2.14. The van der Waals surface area contributed by atoms with Crippen molar-refractivity contribution < 1.29 is 0 Å². The Hall–Kier alpha value is -2.16. The van der Waals surface area contributed by atoms with Gasteiger partial charge < -0.3 is 5.73 Å². The quantitative estimate of drug-likeness (QED) is 0.808. The number of rotatable bonds is 2. The molecule has 1 heterocycles. The van der Waals surface area contributed by atoms with Crippen LogP contribution in [-0.2, 0) is 0 Å². The fourth-order valence-electron chi connectivity index (χ4n) is 3.20. The molecule has 1 fully saturated rings. The van der Waals surface area contributed by atoms with Gasteiger partial charge in [-0.3, -0.25) is 4.98 Å². The van der Waals surface area contributed by atoms with Gasteiger partial charge in [-0.05, 0) is 23.8 Å². The lowest BCUT2D eigenvalue weighted by Gasteiger charge is -2.29. The second-order valence-electron chi connectivity index (χ2n) is 5.82. The van der Waals surface area contributed by atoms with Crippen LogP contribution in [0.3, 0.4) is 0 Å². The Morgan fingerprint density at radius 1 is 1.00 bits per heavy atom. The van der Waals surface area contributed by atoms with Crippen LogP contribution in [0.4, 0.5) is 5.82 Å². The maximum absolute atomic E-state index is 5.57. The average Bonchev–Trinajstić information content (AvgIpc) is 2.58. The first-order valence-corrected chi connectivity index (χ1v) is 7.92. The molecule has 0 spiro atoms. The Kier molecular flexibility index (Phi) is 5.70. The van der Waals surface area contributed by atoms with Crippen molar-refractivity contribution >= 4 is 5.82 Å². The van der Waals surface area contributed by atoms with E-state index in [1.165, 1.54) is 31.2 Å². The van der Waals surface area contributed by atoms with Gasteiger partial charge in [0.05, 0.1) is 18.1 Å². The van der Waals surface area contributed by atoms with E-state index in [0.717, 1.165) is 23.1 Å². The van der Waals surface area contributed by atoms with Crippen molar-refractivity contribution in [2.45, 2.75) is 38.5 Å². The summed E-state index contributed by atoms with van der Waals surface area (Å²) in [7, 11) is 0. The third-order valence-electron chi connectivity index (χ3n) is 4.42. The first-order chi connectivity index (χ1) is 10.7. The van der Waals surface area contributed by atoms with Crippen molar-refractivity contribution in [2.24, 2.45) is 5.92 Å². The van der Waals surface area contributed by atoms with Crippen LogP contribution in [0.15, 0.2) is 49.8 Å². The largest absolute Gasteiger partial charge is 0.382 e. The number of nitrogens with zero attached hydrogens (tertiary/aromatic N) is 2. The average molecular weight is 295 g/mol. The van der Waals surface area contributed by atoms with Gasteiger partial charge in [0.25, 0.3) is 0 Å². The summed E-state index contributed by atoms with van der Waals surface area (Å²) in [6.45, 7) is 8.38. The van der Waals surface area contributed by atoms with Crippen LogP contribution in [0.1, 0.15) is 44.1 Å². The predicted octanol–water partition coefficient (Wildman–Crippen LogP) is 4.82. The molecule has 22 heavy (non-hydrogen) atoms. The van der Waals surface area contributed by atoms with E-state index in [1.54, 1.807) is 12.4 Å². The van der Waals surface area contributed by atoms with E-state index >= 15 is 0 Å². The summed E-state index contributed by atoms with van der Waals surface area (Å²) >= 11 is 0. The van der Waals surface area contributed by atoms with Gasteiger partial charge in [0.1, 0.15) is 5.82 Å². The Balaban J connectivity index is 0.000000847. The number of hydrogen-bond acceptors (Lipinski definition) is 3. The maximum atomic E-state index is 5.57. The highest BCUT2D eigenvalue weighted by Gasteiger charge is 2.22. The highest BCUT2D eigenvalue weighted by atomic mass is 14.9. The number of aromatic nitrogens is 2. The van der Waals surface area contributed by atoms with Crippen molar-refractivity contribution in [2.75, 3.05) is 5.73 Å². The van der Waals surface area contributed by atoms with E-state index in [0.29, 0.717) is 5.82 Å². The highest BCUT2D eigenvalue weighted by molar-refractivity contribution is 5.59. The maximum Gasteiger partial charge on any atom is 0.141 e. The van der Waals surface area contributed by atoms with Gasteiger partial charge in [-0.2, -0.15) is 0 Å². The van der Waals surface area contributed by atoms with Gasteiger partial charge in [0, 0.05) is 5.56 Å². The molecule has 1 saturated carbocycles. The number of nitrogen functional groups attached to an aromatic ring is 1. The van der Waals surface area contributed by atoms with Gasteiger partial charge in [0.15, 0.2) is 0 Å². The van der Waals surface area contributed by atoms with Gasteiger partial charge >= 0.3 is 0 Å². The number of benzene rings is 1. The Morgan fingerprint density at radius 3 is 2.27 bits per heavy atom. The topological polar surface area (TPSA) is 51.8 Å². The lowest BCUT2D eigenvalue weighted by molar-refractivity contribution is 0.330. The molecule has 0 bridgehead atoms. The second-order valence-corrected chi connectivity index (χ2v) is 5.82. The summed E-state index contributed by atoms with van der Waals surface area (Å²) in [5, 5.41) is 0. The summed E-state index contributed by atoms with van der Waals surface area (Å²) in [6.07, 6.45) is 8.76. The molecule has 0 aliphatic heterocycles. The van der Waals surface area contributed by atoms with E-state index in [1.807, 2.05) is 0 Å². The molecule has 0 radical (unpaired) electrons. The molecule has 1 aromatic heterocycles. The first kappa shape index (κ1) is 16.2. The minimum Gasteiger partial charge on any atom is -0.382 e. The van der Waals surface area contributed by atoms with Crippen LogP contribution in [0, 0.1) is 5.92 Å². The minimum atomic E-state index is 0.460. The van der Waals surface area contributed by atoms with Gasteiger partial charge in [0.2, 0.25) is 0 Å². The van der Waals surface area contributed by atoms with Gasteiger partial charge in [-0.25, -0.2) is 4.98 Å². The molecule has 116 valence electrons. The fraction of sp³-hybridized carbons (Fsp3) is 0.368. The highest BCUT2D eigenvalue weighted by Crippen LogP contribution is 2.37. The predicted molar refractivity (Wildman–Crippen MR) is 93.5 cm³/mol. The van der Waals surface area contributed by atoms with E-state index in [2.05, 4.69) is 54.3 Å². The first-order valence-electron chi connectivity index (χ1n) is 7.92. The molecule has 3 rings (SSSR count). The van der Waals surface area contributed by atoms with Crippen molar-refractivity contribution in [1.82, 2.24) is 9.97 Å². The fourth-order valence-corrected chi connectivity index (χ4v) is 3.20. The zero-order chi connectivity index (χ0) is 15.9. The molecule has 2 aromatic rings. The Morgan fingerprint density at radius 2 is 1.68 bits per heavy atom. The third-order valence-corrected chi connectivity index (χ3v) is 4.42. The molecule has 2 atom stereocenters. The number of hydrogen-bond donors (Lipinski definition) is 1.